The summed E-state index contributed by atoms with van der Waals surface area (Å²) in [6, 6.07) is 26.2. The number of fused-ring (bicyclic) bond motifs is 1. The Balaban J connectivity index is 1.46. The molecule has 1 aromatic heterocycles. The molecule has 0 saturated heterocycles. The van der Waals surface area contributed by atoms with Crippen molar-refractivity contribution in [1.82, 2.24) is 9.97 Å². The highest BCUT2D eigenvalue weighted by Gasteiger charge is 2.18. The Labute approximate surface area is 171 Å². The number of carbonyl (C=O) groups is 1. The van der Waals surface area contributed by atoms with Crippen LogP contribution in [0.25, 0.3) is 11.0 Å². The van der Waals surface area contributed by atoms with Gasteiger partial charge in [-0.25, -0.2) is 4.98 Å². The molecule has 0 aliphatic rings. The molecular formula is C25H25N3O. The van der Waals surface area contributed by atoms with Gasteiger partial charge in [0.05, 0.1) is 17.0 Å². The lowest BCUT2D eigenvalue weighted by atomic mass is 9.95. The van der Waals surface area contributed by atoms with Crippen LogP contribution in [0.2, 0.25) is 0 Å². The largest absolute Gasteiger partial charge is 0.342 e. The van der Waals surface area contributed by atoms with Crippen LogP contribution in [-0.2, 0) is 17.6 Å². The van der Waals surface area contributed by atoms with Crippen molar-refractivity contribution in [2.75, 3.05) is 5.32 Å². The van der Waals surface area contributed by atoms with Crippen LogP contribution < -0.4 is 5.32 Å². The van der Waals surface area contributed by atoms with Gasteiger partial charge in [0.15, 0.2) is 0 Å². The molecule has 0 aliphatic heterocycles. The van der Waals surface area contributed by atoms with Crippen molar-refractivity contribution in [3.05, 3.63) is 95.8 Å². The van der Waals surface area contributed by atoms with Gasteiger partial charge in [-0.15, -0.1) is 0 Å². The molecule has 4 aromatic rings. The minimum Gasteiger partial charge on any atom is -0.342 e. The smallest absolute Gasteiger partial charge is 0.231 e. The molecule has 0 bridgehead atoms. The fraction of sp³-hybridized carbons (Fsp3) is 0.200. The first-order valence-corrected chi connectivity index (χ1v) is 10.1. The van der Waals surface area contributed by atoms with Crippen molar-refractivity contribution in [2.45, 2.75) is 32.1 Å². The monoisotopic (exact) mass is 383 g/mol. The first-order valence-electron chi connectivity index (χ1n) is 10.1. The van der Waals surface area contributed by atoms with Crippen molar-refractivity contribution in [3.63, 3.8) is 0 Å². The van der Waals surface area contributed by atoms with Crippen LogP contribution in [0.5, 0.6) is 0 Å². The molecule has 4 nitrogen and oxygen atoms in total. The maximum Gasteiger partial charge on any atom is 0.231 e. The van der Waals surface area contributed by atoms with Gasteiger partial charge in [-0.3, -0.25) is 4.79 Å². The van der Waals surface area contributed by atoms with E-state index < -0.39 is 0 Å². The highest BCUT2D eigenvalue weighted by molar-refractivity contribution is 5.97. The van der Waals surface area contributed by atoms with E-state index in [0.29, 0.717) is 0 Å². The number of carbonyl (C=O) groups excluding carboxylic acids is 1. The van der Waals surface area contributed by atoms with E-state index in [4.69, 9.17) is 0 Å². The molecule has 0 saturated carbocycles. The average molecular weight is 383 g/mol. The quantitative estimate of drug-likeness (QED) is 0.444. The van der Waals surface area contributed by atoms with Crippen molar-refractivity contribution in [1.29, 1.82) is 0 Å². The van der Waals surface area contributed by atoms with Crippen LogP contribution in [0.1, 0.15) is 36.2 Å². The summed E-state index contributed by atoms with van der Waals surface area (Å²) in [6.45, 7) is 2.04. The van der Waals surface area contributed by atoms with Gasteiger partial charge >= 0.3 is 0 Å². The molecule has 0 aliphatic carbocycles. The molecule has 2 N–H and O–H groups in total. The van der Waals surface area contributed by atoms with Crippen LogP contribution in [0, 0.1) is 0 Å². The number of imidazole rings is 1. The fourth-order valence-corrected chi connectivity index (χ4v) is 3.65. The lowest BCUT2D eigenvalue weighted by Gasteiger charge is -2.15. The van der Waals surface area contributed by atoms with Gasteiger partial charge in [0.1, 0.15) is 5.82 Å². The van der Waals surface area contributed by atoms with Crippen LogP contribution in [0.3, 0.4) is 0 Å². The van der Waals surface area contributed by atoms with Gasteiger partial charge in [0, 0.05) is 12.1 Å². The zero-order valence-electron chi connectivity index (χ0n) is 16.6. The van der Waals surface area contributed by atoms with Gasteiger partial charge < -0.3 is 10.3 Å². The zero-order chi connectivity index (χ0) is 20.1. The molecule has 0 unspecified atom stereocenters. The lowest BCUT2D eigenvalue weighted by Crippen LogP contribution is -2.20. The van der Waals surface area contributed by atoms with E-state index in [2.05, 4.69) is 39.6 Å². The molecule has 1 atom stereocenters. The molecule has 0 fully saturated rings. The van der Waals surface area contributed by atoms with Crippen LogP contribution in [0.15, 0.2) is 78.9 Å². The number of rotatable bonds is 7. The van der Waals surface area contributed by atoms with E-state index >= 15 is 0 Å². The van der Waals surface area contributed by atoms with E-state index in [1.165, 1.54) is 5.56 Å². The van der Waals surface area contributed by atoms with Gasteiger partial charge in [0.25, 0.3) is 0 Å². The summed E-state index contributed by atoms with van der Waals surface area (Å²) in [6.07, 6.45) is 2.55. The number of nitrogens with one attached hydrogen (secondary N) is 2. The number of H-pyrrole nitrogens is 1. The Morgan fingerprint density at radius 1 is 0.966 bits per heavy atom. The number of aromatic amines is 1. The van der Waals surface area contributed by atoms with E-state index in [9.17, 15) is 4.79 Å². The number of anilines is 1. The molecule has 3 aromatic carbocycles. The number of amides is 1. The number of aromatic nitrogens is 2. The van der Waals surface area contributed by atoms with Crippen LogP contribution in [0.4, 0.5) is 5.69 Å². The Morgan fingerprint density at radius 2 is 1.69 bits per heavy atom. The maximum absolute atomic E-state index is 12.8. The SMILES string of the molecule is CC[C@@H](C(=O)Nc1ccc2nc(CCc3ccccc3)[nH]c2c1)c1ccccc1. The second-order valence-corrected chi connectivity index (χ2v) is 7.26. The van der Waals surface area contributed by atoms with E-state index in [-0.39, 0.29) is 11.8 Å². The summed E-state index contributed by atoms with van der Waals surface area (Å²) in [5.74, 6) is 0.819. The molecule has 146 valence electrons. The predicted octanol–water partition coefficient (Wildman–Crippen LogP) is 5.48. The molecule has 4 heteroatoms. The van der Waals surface area contributed by atoms with E-state index in [0.717, 1.165) is 47.4 Å². The first-order chi connectivity index (χ1) is 14.2. The highest BCUT2D eigenvalue weighted by atomic mass is 16.1. The minimum absolute atomic E-state index is 0.0156. The van der Waals surface area contributed by atoms with Gasteiger partial charge in [-0.05, 0) is 42.2 Å². The normalized spacial score (nSPS) is 12.0. The van der Waals surface area contributed by atoms with Crippen LogP contribution in [-0.4, -0.2) is 15.9 Å². The average Bonchev–Trinajstić information content (AvgIpc) is 3.16. The summed E-state index contributed by atoms with van der Waals surface area (Å²) in [5, 5.41) is 3.06. The second kappa shape index (κ2) is 8.74. The molecule has 0 radical (unpaired) electrons. The highest BCUT2D eigenvalue weighted by Crippen LogP contribution is 2.23. The Hall–Kier alpha value is -3.40. The second-order valence-electron chi connectivity index (χ2n) is 7.26. The third-order valence-corrected chi connectivity index (χ3v) is 5.22. The number of hydrogen-bond acceptors (Lipinski definition) is 2. The van der Waals surface area contributed by atoms with Gasteiger partial charge in [-0.1, -0.05) is 67.6 Å². The maximum atomic E-state index is 12.8. The summed E-state index contributed by atoms with van der Waals surface area (Å²) < 4.78 is 0. The van der Waals surface area contributed by atoms with Crippen molar-refractivity contribution in [2.24, 2.45) is 0 Å². The molecular weight excluding hydrogens is 358 g/mol. The molecule has 29 heavy (non-hydrogen) atoms. The number of hydrogen-bond donors (Lipinski definition) is 2. The number of aryl methyl sites for hydroxylation is 2. The minimum atomic E-state index is -0.157. The van der Waals surface area contributed by atoms with Crippen molar-refractivity contribution < 1.29 is 4.79 Å². The molecule has 1 heterocycles. The fourth-order valence-electron chi connectivity index (χ4n) is 3.65. The molecule has 1 amide bonds. The number of benzene rings is 3. The lowest BCUT2D eigenvalue weighted by molar-refractivity contribution is -0.117. The standard InChI is InChI=1S/C25H25N3O/c1-2-21(19-11-7-4-8-12-19)25(29)26-20-14-15-22-23(17-20)28-24(27-22)16-13-18-9-5-3-6-10-18/h3-12,14-15,17,21H,2,13,16H2,1H3,(H,26,29)(H,27,28)/t21-/m1/s1. The van der Waals surface area contributed by atoms with Gasteiger partial charge in [0.2, 0.25) is 5.91 Å². The predicted molar refractivity (Wildman–Crippen MR) is 118 cm³/mol. The molecule has 4 rings (SSSR count). The van der Waals surface area contributed by atoms with Gasteiger partial charge in [-0.2, -0.15) is 0 Å². The van der Waals surface area contributed by atoms with E-state index in [1.54, 1.807) is 0 Å². The summed E-state index contributed by atoms with van der Waals surface area (Å²) in [7, 11) is 0. The van der Waals surface area contributed by atoms with Crippen molar-refractivity contribution in [3.8, 4) is 0 Å². The summed E-state index contributed by atoms with van der Waals surface area (Å²) >= 11 is 0. The first kappa shape index (κ1) is 18.9. The Morgan fingerprint density at radius 3 is 2.41 bits per heavy atom. The molecule has 0 spiro atoms. The third kappa shape index (κ3) is 4.54. The zero-order valence-corrected chi connectivity index (χ0v) is 16.6. The van der Waals surface area contributed by atoms with Crippen molar-refractivity contribution >= 4 is 22.6 Å². The Bertz CT molecular complexity index is 1090. The van der Waals surface area contributed by atoms with Crippen LogP contribution >= 0.6 is 0 Å². The van der Waals surface area contributed by atoms with E-state index in [1.807, 2.05) is 61.5 Å². The topological polar surface area (TPSA) is 57.8 Å². The number of nitrogens with zero attached hydrogens (tertiary/aromatic N) is 1. The summed E-state index contributed by atoms with van der Waals surface area (Å²) in [5.41, 5.74) is 4.99. The summed E-state index contributed by atoms with van der Waals surface area (Å²) in [4.78, 5) is 20.9. The third-order valence-electron chi connectivity index (χ3n) is 5.22. The Kier molecular flexibility index (Phi) is 5.71.